The molecule has 14 atom stereocenters. The standard InChI is InChI=1S/C37H46O16/c38-16-23-26(41)29(44)31(46)34(49-23)51-33-28(43)25(52-36(33,19-40)53-35-32(47)30(45)27(42)24(17-39)50-35)18-48-37(20-10-4-1-5-11-20,21-12-6-2-7-13-21)22-14-8-3-9-15-22/h1-15,23-35,38-47H,16-19H2/t23-,24-,25-,26-,27-,28-,29+,30+,31-,32-,33+,34-,35-,36+/m1/s1. The Morgan fingerprint density at radius 2 is 0.962 bits per heavy atom. The number of benzene rings is 3. The lowest BCUT2D eigenvalue weighted by Gasteiger charge is -2.45. The van der Waals surface area contributed by atoms with Crippen LogP contribution in [-0.4, -0.2) is 163 Å². The number of hydrogen-bond donors (Lipinski definition) is 10. The summed E-state index contributed by atoms with van der Waals surface area (Å²) in [5, 5.41) is 106. The van der Waals surface area contributed by atoms with Gasteiger partial charge in [0.15, 0.2) is 12.6 Å². The predicted molar refractivity (Wildman–Crippen MR) is 179 cm³/mol. The largest absolute Gasteiger partial charge is 0.394 e. The van der Waals surface area contributed by atoms with Crippen molar-refractivity contribution in [2.45, 2.75) is 91.1 Å². The lowest BCUT2D eigenvalue weighted by Crippen LogP contribution is -2.64. The van der Waals surface area contributed by atoms with Gasteiger partial charge in [0.1, 0.15) is 79.4 Å². The van der Waals surface area contributed by atoms with Crippen LogP contribution in [-0.2, 0) is 34.0 Å². The van der Waals surface area contributed by atoms with Gasteiger partial charge in [-0.15, -0.1) is 0 Å². The maximum absolute atomic E-state index is 11.9. The van der Waals surface area contributed by atoms with E-state index in [0.29, 0.717) is 16.7 Å². The van der Waals surface area contributed by atoms with Gasteiger partial charge in [-0.25, -0.2) is 0 Å². The Hall–Kier alpha value is -2.98. The fourth-order valence-corrected chi connectivity index (χ4v) is 7.09. The van der Waals surface area contributed by atoms with Crippen molar-refractivity contribution in [2.75, 3.05) is 26.4 Å². The van der Waals surface area contributed by atoms with E-state index in [1.807, 2.05) is 91.0 Å². The van der Waals surface area contributed by atoms with Crippen molar-refractivity contribution in [3.8, 4) is 0 Å². The first-order chi connectivity index (χ1) is 25.5. The Labute approximate surface area is 304 Å². The third-order valence-electron chi connectivity index (χ3n) is 9.99. The third kappa shape index (κ3) is 7.52. The molecule has 6 rings (SSSR count). The Balaban J connectivity index is 1.38. The second kappa shape index (κ2) is 16.8. The summed E-state index contributed by atoms with van der Waals surface area (Å²) in [6.07, 6.45) is -22.8. The first kappa shape index (κ1) is 39.7. The minimum absolute atomic E-state index is 0.422. The molecule has 0 aromatic heterocycles. The topological polar surface area (TPSA) is 258 Å². The number of hydrogen-bond acceptors (Lipinski definition) is 16. The quantitative estimate of drug-likeness (QED) is 0.0808. The minimum atomic E-state index is -2.51. The molecule has 0 amide bonds. The van der Waals surface area contributed by atoms with Crippen LogP contribution in [0.5, 0.6) is 0 Å². The summed E-state index contributed by atoms with van der Waals surface area (Å²) in [4.78, 5) is 0. The van der Waals surface area contributed by atoms with Gasteiger partial charge in [0.05, 0.1) is 19.8 Å². The fraction of sp³-hybridized carbons (Fsp3) is 0.514. The molecular formula is C37H46O16. The van der Waals surface area contributed by atoms with Crippen molar-refractivity contribution in [3.05, 3.63) is 108 Å². The number of aliphatic hydroxyl groups is 10. The number of rotatable bonds is 13. The molecule has 3 aliphatic heterocycles. The van der Waals surface area contributed by atoms with Gasteiger partial charge in [-0.3, -0.25) is 0 Å². The highest BCUT2D eigenvalue weighted by Crippen LogP contribution is 2.44. The first-order valence-corrected chi connectivity index (χ1v) is 17.2. The van der Waals surface area contributed by atoms with Crippen LogP contribution in [0, 0.1) is 0 Å². The fourth-order valence-electron chi connectivity index (χ4n) is 7.09. The van der Waals surface area contributed by atoms with Crippen molar-refractivity contribution in [1.29, 1.82) is 0 Å². The lowest BCUT2D eigenvalue weighted by atomic mass is 9.80. The molecule has 10 N–H and O–H groups in total. The molecule has 3 heterocycles. The highest BCUT2D eigenvalue weighted by molar-refractivity contribution is 5.47. The summed E-state index contributed by atoms with van der Waals surface area (Å²) in [5.41, 5.74) is 0.836. The van der Waals surface area contributed by atoms with Gasteiger partial charge in [-0.1, -0.05) is 91.0 Å². The second-order valence-electron chi connectivity index (χ2n) is 13.3. The average molecular weight is 747 g/mol. The van der Waals surface area contributed by atoms with Crippen LogP contribution in [0.15, 0.2) is 91.0 Å². The van der Waals surface area contributed by atoms with Crippen LogP contribution in [0.25, 0.3) is 0 Å². The van der Waals surface area contributed by atoms with Crippen molar-refractivity contribution in [3.63, 3.8) is 0 Å². The summed E-state index contributed by atoms with van der Waals surface area (Å²) in [5.74, 6) is -2.51. The van der Waals surface area contributed by atoms with Gasteiger partial charge in [-0.05, 0) is 16.7 Å². The van der Waals surface area contributed by atoms with Crippen LogP contribution in [0.3, 0.4) is 0 Å². The molecule has 16 heteroatoms. The first-order valence-electron chi connectivity index (χ1n) is 17.2. The Morgan fingerprint density at radius 3 is 1.40 bits per heavy atom. The molecule has 0 saturated carbocycles. The van der Waals surface area contributed by atoms with Gasteiger partial charge in [0.25, 0.3) is 0 Å². The molecular weight excluding hydrogens is 700 g/mol. The molecule has 290 valence electrons. The average Bonchev–Trinajstić information content (AvgIpc) is 3.45. The van der Waals surface area contributed by atoms with E-state index in [-0.39, 0.29) is 0 Å². The van der Waals surface area contributed by atoms with E-state index in [0.717, 1.165) is 0 Å². The molecule has 3 aromatic rings. The zero-order valence-electron chi connectivity index (χ0n) is 28.4. The minimum Gasteiger partial charge on any atom is -0.394 e. The molecule has 0 unspecified atom stereocenters. The van der Waals surface area contributed by atoms with Gasteiger partial charge >= 0.3 is 0 Å². The Kier molecular flexibility index (Phi) is 12.6. The smallest absolute Gasteiger partial charge is 0.224 e. The van der Waals surface area contributed by atoms with Crippen LogP contribution in [0.4, 0.5) is 0 Å². The Bertz CT molecular complexity index is 1470. The van der Waals surface area contributed by atoms with E-state index in [9.17, 15) is 51.1 Å². The normalized spacial score (nSPS) is 37.8. The molecule has 0 radical (unpaired) electrons. The summed E-state index contributed by atoms with van der Waals surface area (Å²) >= 11 is 0. The summed E-state index contributed by atoms with van der Waals surface area (Å²) in [6.45, 7) is -3.15. The van der Waals surface area contributed by atoms with E-state index in [4.69, 9.17) is 28.4 Å². The maximum atomic E-state index is 11.9. The zero-order chi connectivity index (χ0) is 37.9. The predicted octanol–water partition coefficient (Wildman–Crippen LogP) is -2.55. The molecule has 53 heavy (non-hydrogen) atoms. The van der Waals surface area contributed by atoms with Gasteiger partial charge in [-0.2, -0.15) is 0 Å². The number of aliphatic hydroxyl groups excluding tert-OH is 10. The van der Waals surface area contributed by atoms with E-state index < -0.39 is 118 Å². The molecule has 3 saturated heterocycles. The molecule has 3 aliphatic rings. The Morgan fingerprint density at radius 1 is 0.528 bits per heavy atom. The van der Waals surface area contributed by atoms with Crippen molar-refractivity contribution in [2.24, 2.45) is 0 Å². The summed E-state index contributed by atoms with van der Waals surface area (Å²) < 4.78 is 36.0. The van der Waals surface area contributed by atoms with Crippen LogP contribution in [0.2, 0.25) is 0 Å². The van der Waals surface area contributed by atoms with Gasteiger partial charge < -0.3 is 79.5 Å². The van der Waals surface area contributed by atoms with E-state index in [1.165, 1.54) is 0 Å². The molecule has 0 spiro atoms. The highest BCUT2D eigenvalue weighted by Gasteiger charge is 2.62. The molecule has 3 fully saturated rings. The van der Waals surface area contributed by atoms with Gasteiger partial charge in [0.2, 0.25) is 5.79 Å². The molecule has 0 aliphatic carbocycles. The van der Waals surface area contributed by atoms with Crippen molar-refractivity contribution in [1.82, 2.24) is 0 Å². The summed E-state index contributed by atoms with van der Waals surface area (Å²) in [6, 6.07) is 27.8. The van der Waals surface area contributed by atoms with E-state index >= 15 is 0 Å². The summed E-state index contributed by atoms with van der Waals surface area (Å²) in [7, 11) is 0. The second-order valence-corrected chi connectivity index (χ2v) is 13.3. The number of ether oxygens (including phenoxy) is 6. The monoisotopic (exact) mass is 746 g/mol. The zero-order valence-corrected chi connectivity index (χ0v) is 28.4. The van der Waals surface area contributed by atoms with Gasteiger partial charge in [0, 0.05) is 0 Å². The van der Waals surface area contributed by atoms with Crippen molar-refractivity contribution >= 4 is 0 Å². The van der Waals surface area contributed by atoms with Crippen LogP contribution in [0.1, 0.15) is 16.7 Å². The third-order valence-corrected chi connectivity index (χ3v) is 9.99. The van der Waals surface area contributed by atoms with Crippen molar-refractivity contribution < 1.29 is 79.5 Å². The lowest BCUT2D eigenvalue weighted by molar-refractivity contribution is -0.400. The van der Waals surface area contributed by atoms with Crippen LogP contribution < -0.4 is 0 Å². The molecule has 3 aromatic carbocycles. The van der Waals surface area contributed by atoms with E-state index in [2.05, 4.69) is 0 Å². The highest BCUT2D eigenvalue weighted by atomic mass is 16.8. The van der Waals surface area contributed by atoms with Crippen LogP contribution >= 0.6 is 0 Å². The maximum Gasteiger partial charge on any atom is 0.224 e. The van der Waals surface area contributed by atoms with E-state index in [1.54, 1.807) is 0 Å². The molecule has 0 bridgehead atoms. The molecule has 16 nitrogen and oxygen atoms in total. The SMILES string of the molecule is OC[C@H]1O[C@H](O[C@H]2[C@H](O)[C@@H](COC(c3ccccc3)(c3ccccc3)c3ccccc3)O[C@@]2(CO)O[C@H]2O[C@H](CO)[C@@H](O)[C@H](O)[C@H]2O)[C@H](O)[C@@H](O)[C@@H]1O.